The monoisotopic (exact) mass is 244 g/mol. The minimum absolute atomic E-state index is 0.158. The van der Waals surface area contributed by atoms with Crippen molar-refractivity contribution in [2.24, 2.45) is 5.73 Å². The van der Waals surface area contributed by atoms with Crippen molar-refractivity contribution in [2.75, 3.05) is 0 Å². The molecule has 2 N–H and O–H groups in total. The van der Waals surface area contributed by atoms with Crippen LogP contribution in [-0.4, -0.2) is 20.8 Å². The minimum Gasteiger partial charge on any atom is -0.328 e. The van der Waals surface area contributed by atoms with Gasteiger partial charge in [0.1, 0.15) is 0 Å². The van der Waals surface area contributed by atoms with Gasteiger partial charge in [0, 0.05) is 17.9 Å². The third kappa shape index (κ3) is 2.59. The molecule has 4 nitrogen and oxygen atoms in total. The molecule has 4 heteroatoms. The van der Waals surface area contributed by atoms with Crippen LogP contribution in [-0.2, 0) is 6.42 Å². The second kappa shape index (κ2) is 4.90. The van der Waals surface area contributed by atoms with Crippen molar-refractivity contribution in [1.82, 2.24) is 14.8 Å². The van der Waals surface area contributed by atoms with Crippen LogP contribution in [0.5, 0.6) is 0 Å². The number of pyridine rings is 1. The van der Waals surface area contributed by atoms with Gasteiger partial charge in [0.05, 0.1) is 5.69 Å². The van der Waals surface area contributed by atoms with Gasteiger partial charge in [0.2, 0.25) is 0 Å². The molecule has 1 atom stereocenters. The van der Waals surface area contributed by atoms with Crippen LogP contribution in [0.15, 0.2) is 18.3 Å². The van der Waals surface area contributed by atoms with Gasteiger partial charge in [-0.05, 0) is 51.3 Å². The van der Waals surface area contributed by atoms with E-state index < -0.39 is 0 Å². The zero-order valence-electron chi connectivity index (χ0n) is 11.4. The Bertz CT molecular complexity index is 555. The smallest absolute Gasteiger partial charge is 0.156 e. The molecule has 2 rings (SSSR count). The molecule has 0 aromatic carbocycles. The fraction of sp³-hybridized carbons (Fsp3) is 0.429. The van der Waals surface area contributed by atoms with E-state index in [0.717, 1.165) is 29.2 Å². The normalized spacial score (nSPS) is 12.7. The first-order valence-electron chi connectivity index (χ1n) is 6.22. The Kier molecular flexibility index (Phi) is 3.48. The van der Waals surface area contributed by atoms with Crippen LogP contribution < -0.4 is 5.73 Å². The van der Waals surface area contributed by atoms with Crippen molar-refractivity contribution < 1.29 is 0 Å². The summed E-state index contributed by atoms with van der Waals surface area (Å²) in [4.78, 5) is 4.52. The van der Waals surface area contributed by atoms with Crippen molar-refractivity contribution in [3.05, 3.63) is 40.8 Å². The van der Waals surface area contributed by atoms with Crippen LogP contribution >= 0.6 is 0 Å². The standard InChI is InChI=1S/C14H20N4/c1-9-5-13(6-10(2)15)8-16-14(9)18-12(4)7-11(3)17-18/h5,7-8,10H,6,15H2,1-4H3. The lowest BCUT2D eigenvalue weighted by Gasteiger charge is -2.10. The molecule has 18 heavy (non-hydrogen) atoms. The van der Waals surface area contributed by atoms with E-state index in [1.165, 1.54) is 5.56 Å². The van der Waals surface area contributed by atoms with Crippen LogP contribution in [0.2, 0.25) is 0 Å². The lowest BCUT2D eigenvalue weighted by molar-refractivity contribution is 0.730. The number of aromatic nitrogens is 3. The number of nitrogens with zero attached hydrogens (tertiary/aromatic N) is 3. The molecule has 0 saturated carbocycles. The molecule has 2 heterocycles. The van der Waals surface area contributed by atoms with E-state index in [9.17, 15) is 0 Å². The summed E-state index contributed by atoms with van der Waals surface area (Å²) >= 11 is 0. The Labute approximate surface area is 108 Å². The van der Waals surface area contributed by atoms with E-state index in [4.69, 9.17) is 5.73 Å². The van der Waals surface area contributed by atoms with E-state index in [2.05, 4.69) is 29.1 Å². The van der Waals surface area contributed by atoms with Gasteiger partial charge in [-0.3, -0.25) is 0 Å². The topological polar surface area (TPSA) is 56.7 Å². The summed E-state index contributed by atoms with van der Waals surface area (Å²) in [6.07, 6.45) is 2.74. The quantitative estimate of drug-likeness (QED) is 0.899. The fourth-order valence-electron chi connectivity index (χ4n) is 2.17. The Morgan fingerprint density at radius 3 is 2.50 bits per heavy atom. The zero-order chi connectivity index (χ0) is 13.3. The highest BCUT2D eigenvalue weighted by Crippen LogP contribution is 2.15. The van der Waals surface area contributed by atoms with Gasteiger partial charge >= 0.3 is 0 Å². The molecule has 0 saturated heterocycles. The molecule has 0 aliphatic carbocycles. The lowest BCUT2D eigenvalue weighted by Crippen LogP contribution is -2.18. The lowest BCUT2D eigenvalue weighted by atomic mass is 10.1. The summed E-state index contributed by atoms with van der Waals surface area (Å²) < 4.78 is 1.89. The zero-order valence-corrected chi connectivity index (χ0v) is 11.4. The average Bonchev–Trinajstić information content (AvgIpc) is 2.57. The predicted octanol–water partition coefficient (Wildman–Crippen LogP) is 2.08. The molecular weight excluding hydrogens is 224 g/mol. The first-order chi connectivity index (χ1) is 8.47. The largest absolute Gasteiger partial charge is 0.328 e. The Morgan fingerprint density at radius 1 is 1.28 bits per heavy atom. The highest BCUT2D eigenvalue weighted by molar-refractivity contribution is 5.36. The molecule has 0 aliphatic heterocycles. The predicted molar refractivity (Wildman–Crippen MR) is 72.9 cm³/mol. The Hall–Kier alpha value is -1.68. The van der Waals surface area contributed by atoms with Crippen LogP contribution in [0.25, 0.3) is 5.82 Å². The molecule has 0 bridgehead atoms. The molecule has 0 amide bonds. The van der Waals surface area contributed by atoms with Crippen LogP contribution in [0.3, 0.4) is 0 Å². The maximum Gasteiger partial charge on any atom is 0.156 e. The minimum atomic E-state index is 0.158. The van der Waals surface area contributed by atoms with Gasteiger partial charge in [0.25, 0.3) is 0 Å². The summed E-state index contributed by atoms with van der Waals surface area (Å²) in [7, 11) is 0. The third-order valence-electron chi connectivity index (χ3n) is 2.88. The van der Waals surface area contributed by atoms with Gasteiger partial charge in [-0.25, -0.2) is 9.67 Å². The van der Waals surface area contributed by atoms with Gasteiger partial charge in [-0.15, -0.1) is 0 Å². The van der Waals surface area contributed by atoms with Gasteiger partial charge in [-0.2, -0.15) is 5.10 Å². The summed E-state index contributed by atoms with van der Waals surface area (Å²) in [6.45, 7) is 8.09. The first-order valence-corrected chi connectivity index (χ1v) is 6.22. The number of hydrogen-bond acceptors (Lipinski definition) is 3. The summed E-state index contributed by atoms with van der Waals surface area (Å²) in [5, 5.41) is 4.46. The molecule has 96 valence electrons. The Morgan fingerprint density at radius 2 is 2.00 bits per heavy atom. The van der Waals surface area contributed by atoms with Crippen molar-refractivity contribution in [3.63, 3.8) is 0 Å². The molecule has 2 aromatic rings. The van der Waals surface area contributed by atoms with E-state index >= 15 is 0 Å². The van der Waals surface area contributed by atoms with Crippen molar-refractivity contribution in [3.8, 4) is 5.82 Å². The first kappa shape index (κ1) is 12.8. The average molecular weight is 244 g/mol. The molecule has 0 spiro atoms. The molecule has 0 aliphatic rings. The summed E-state index contributed by atoms with van der Waals surface area (Å²) in [5.74, 6) is 0.897. The molecule has 1 unspecified atom stereocenters. The van der Waals surface area contributed by atoms with Crippen LogP contribution in [0.4, 0.5) is 0 Å². The SMILES string of the molecule is Cc1cc(C)n(-c2ncc(CC(C)N)cc2C)n1. The molecule has 2 aromatic heterocycles. The highest BCUT2D eigenvalue weighted by Gasteiger charge is 2.09. The van der Waals surface area contributed by atoms with Crippen molar-refractivity contribution in [2.45, 2.75) is 40.2 Å². The maximum absolute atomic E-state index is 5.81. The summed E-state index contributed by atoms with van der Waals surface area (Å²) in [6, 6.07) is 4.35. The fourth-order valence-corrected chi connectivity index (χ4v) is 2.17. The number of nitrogens with two attached hydrogens (primary N) is 1. The molecule has 0 radical (unpaired) electrons. The number of rotatable bonds is 3. The third-order valence-corrected chi connectivity index (χ3v) is 2.88. The Balaban J connectivity index is 2.38. The van der Waals surface area contributed by atoms with Crippen molar-refractivity contribution in [1.29, 1.82) is 0 Å². The van der Waals surface area contributed by atoms with E-state index in [-0.39, 0.29) is 6.04 Å². The number of hydrogen-bond donors (Lipinski definition) is 1. The van der Waals surface area contributed by atoms with E-state index in [1.807, 2.05) is 31.6 Å². The van der Waals surface area contributed by atoms with Crippen molar-refractivity contribution >= 4 is 0 Å². The van der Waals surface area contributed by atoms with Gasteiger partial charge < -0.3 is 5.73 Å². The van der Waals surface area contributed by atoms with Gasteiger partial charge in [-0.1, -0.05) is 6.07 Å². The number of aryl methyl sites for hydroxylation is 3. The van der Waals surface area contributed by atoms with Crippen LogP contribution in [0.1, 0.15) is 29.4 Å². The van der Waals surface area contributed by atoms with Crippen LogP contribution in [0, 0.1) is 20.8 Å². The van der Waals surface area contributed by atoms with E-state index in [0.29, 0.717) is 0 Å². The molecular formula is C14H20N4. The van der Waals surface area contributed by atoms with Gasteiger partial charge in [0.15, 0.2) is 5.82 Å². The second-order valence-electron chi connectivity index (χ2n) is 5.00. The molecule has 0 fully saturated rings. The maximum atomic E-state index is 5.81. The second-order valence-corrected chi connectivity index (χ2v) is 5.00. The highest BCUT2D eigenvalue weighted by atomic mass is 15.3. The van der Waals surface area contributed by atoms with E-state index in [1.54, 1.807) is 0 Å². The summed E-state index contributed by atoms with van der Waals surface area (Å²) in [5.41, 5.74) is 10.2.